The van der Waals surface area contributed by atoms with Gasteiger partial charge in [-0.1, -0.05) is 24.0 Å². The fourth-order valence-electron chi connectivity index (χ4n) is 1.02. The van der Waals surface area contributed by atoms with Crippen molar-refractivity contribution in [2.75, 3.05) is 18.5 Å². The average molecular weight is 175 g/mol. The number of aliphatic hydroxyl groups is 1. The topological polar surface area (TPSA) is 32.3 Å². The quantitative estimate of drug-likeness (QED) is 0.666. The second-order valence-electron chi connectivity index (χ2n) is 2.73. The van der Waals surface area contributed by atoms with Gasteiger partial charge in [0.25, 0.3) is 0 Å². The molecule has 68 valence electrons. The molecule has 2 heteroatoms. The molecule has 2 N–H and O–H groups in total. The van der Waals surface area contributed by atoms with Crippen molar-refractivity contribution in [1.29, 1.82) is 0 Å². The first kappa shape index (κ1) is 9.63. The molecule has 0 heterocycles. The summed E-state index contributed by atoms with van der Waals surface area (Å²) in [5, 5.41) is 11.5. The van der Waals surface area contributed by atoms with Crippen LogP contribution in [-0.4, -0.2) is 18.3 Å². The third-order valence-electron chi connectivity index (χ3n) is 1.60. The Kier molecular flexibility index (Phi) is 3.87. The Bertz CT molecular complexity index is 322. The lowest BCUT2D eigenvalue weighted by Crippen LogP contribution is -1.98. The molecule has 1 aromatic carbocycles. The third kappa shape index (κ3) is 3.64. The maximum Gasteiger partial charge on any atom is 0.104 e. The molecule has 0 atom stereocenters. The molecular formula is C11H13NO. The molecule has 0 saturated heterocycles. The van der Waals surface area contributed by atoms with Gasteiger partial charge in [-0.05, 0) is 24.6 Å². The van der Waals surface area contributed by atoms with E-state index in [4.69, 9.17) is 5.11 Å². The van der Waals surface area contributed by atoms with Gasteiger partial charge in [-0.25, -0.2) is 0 Å². The van der Waals surface area contributed by atoms with E-state index in [2.05, 4.69) is 23.2 Å². The Hall–Kier alpha value is -1.46. The number of hydrogen-bond donors (Lipinski definition) is 2. The summed E-state index contributed by atoms with van der Waals surface area (Å²) in [5.74, 6) is 5.37. The minimum Gasteiger partial charge on any atom is -0.384 e. The minimum absolute atomic E-state index is 0.0739. The number of anilines is 1. The lowest BCUT2D eigenvalue weighted by molar-refractivity contribution is 0.350. The van der Waals surface area contributed by atoms with Gasteiger partial charge in [-0.2, -0.15) is 0 Å². The Morgan fingerprint density at radius 2 is 2.23 bits per heavy atom. The maximum absolute atomic E-state index is 8.41. The van der Waals surface area contributed by atoms with Gasteiger partial charge in [0.2, 0.25) is 0 Å². The zero-order chi connectivity index (χ0) is 9.52. The van der Waals surface area contributed by atoms with Crippen LogP contribution >= 0.6 is 0 Å². The van der Waals surface area contributed by atoms with Crippen LogP contribution < -0.4 is 5.32 Å². The molecule has 0 bridgehead atoms. The van der Waals surface area contributed by atoms with Gasteiger partial charge in [0.15, 0.2) is 0 Å². The molecule has 0 amide bonds. The van der Waals surface area contributed by atoms with Gasteiger partial charge in [0.1, 0.15) is 6.61 Å². The molecule has 13 heavy (non-hydrogen) atoms. The van der Waals surface area contributed by atoms with Crippen LogP contribution in [-0.2, 0) is 0 Å². The van der Waals surface area contributed by atoms with E-state index in [0.717, 1.165) is 5.69 Å². The largest absolute Gasteiger partial charge is 0.384 e. The first-order valence-electron chi connectivity index (χ1n) is 4.20. The summed E-state index contributed by atoms with van der Waals surface area (Å²) in [5.41, 5.74) is 2.28. The third-order valence-corrected chi connectivity index (χ3v) is 1.60. The predicted octanol–water partition coefficient (Wildman–Crippen LogP) is 1.40. The fraction of sp³-hybridized carbons (Fsp3) is 0.273. The predicted molar refractivity (Wildman–Crippen MR) is 54.5 cm³/mol. The monoisotopic (exact) mass is 175 g/mol. The summed E-state index contributed by atoms with van der Waals surface area (Å²) >= 11 is 0. The molecule has 0 aliphatic carbocycles. The smallest absolute Gasteiger partial charge is 0.104 e. The molecule has 0 aromatic heterocycles. The summed E-state index contributed by atoms with van der Waals surface area (Å²) in [7, 11) is 0. The number of benzene rings is 1. The van der Waals surface area contributed by atoms with Crippen molar-refractivity contribution in [3.63, 3.8) is 0 Å². The van der Waals surface area contributed by atoms with Crippen LogP contribution in [0.4, 0.5) is 5.69 Å². The average Bonchev–Trinajstić information content (AvgIpc) is 2.13. The van der Waals surface area contributed by atoms with Gasteiger partial charge >= 0.3 is 0 Å². The summed E-state index contributed by atoms with van der Waals surface area (Å²) in [6.45, 7) is 2.55. The lowest BCUT2D eigenvalue weighted by Gasteiger charge is -2.02. The van der Waals surface area contributed by atoms with Crippen molar-refractivity contribution < 1.29 is 5.11 Å². The van der Waals surface area contributed by atoms with E-state index in [1.165, 1.54) is 5.56 Å². The maximum atomic E-state index is 8.41. The zero-order valence-electron chi connectivity index (χ0n) is 7.67. The van der Waals surface area contributed by atoms with E-state index in [1.807, 2.05) is 25.1 Å². The molecule has 0 aliphatic rings. The number of rotatable bonds is 2. The summed E-state index contributed by atoms with van der Waals surface area (Å²) in [6.07, 6.45) is 0. The van der Waals surface area contributed by atoms with Crippen molar-refractivity contribution in [1.82, 2.24) is 0 Å². The van der Waals surface area contributed by atoms with Gasteiger partial charge in [0, 0.05) is 5.69 Å². The van der Waals surface area contributed by atoms with Gasteiger partial charge < -0.3 is 10.4 Å². The Labute approximate surface area is 78.6 Å². The molecule has 0 fully saturated rings. The summed E-state index contributed by atoms with van der Waals surface area (Å²) < 4.78 is 0. The molecule has 0 aliphatic heterocycles. The lowest BCUT2D eigenvalue weighted by atomic mass is 10.2. The highest BCUT2D eigenvalue weighted by Crippen LogP contribution is 2.08. The van der Waals surface area contributed by atoms with Crippen LogP contribution in [0.1, 0.15) is 5.56 Å². The normalized spacial score (nSPS) is 8.77. The summed E-state index contributed by atoms with van der Waals surface area (Å²) in [6, 6.07) is 8.09. The molecular weight excluding hydrogens is 162 g/mol. The highest BCUT2D eigenvalue weighted by atomic mass is 16.2. The van der Waals surface area contributed by atoms with Crippen molar-refractivity contribution in [3.05, 3.63) is 29.8 Å². The van der Waals surface area contributed by atoms with E-state index in [0.29, 0.717) is 6.54 Å². The number of nitrogens with one attached hydrogen (secondary N) is 1. The van der Waals surface area contributed by atoms with Crippen molar-refractivity contribution in [3.8, 4) is 11.8 Å². The molecule has 0 saturated carbocycles. The van der Waals surface area contributed by atoms with Crippen LogP contribution in [0.3, 0.4) is 0 Å². The zero-order valence-corrected chi connectivity index (χ0v) is 7.67. The van der Waals surface area contributed by atoms with Crippen LogP contribution in [0.5, 0.6) is 0 Å². The van der Waals surface area contributed by atoms with E-state index in [1.54, 1.807) is 0 Å². The SMILES string of the molecule is Cc1cccc(NCC#CCO)c1. The molecule has 1 rings (SSSR count). The first-order valence-corrected chi connectivity index (χ1v) is 4.20. The van der Waals surface area contributed by atoms with Gasteiger partial charge in [-0.15, -0.1) is 0 Å². The second kappa shape index (κ2) is 5.23. The number of aryl methyl sites for hydroxylation is 1. The fourth-order valence-corrected chi connectivity index (χ4v) is 1.02. The molecule has 2 nitrogen and oxygen atoms in total. The van der Waals surface area contributed by atoms with Crippen molar-refractivity contribution in [2.24, 2.45) is 0 Å². The molecule has 1 aromatic rings. The number of aliphatic hydroxyl groups excluding tert-OH is 1. The van der Waals surface area contributed by atoms with E-state index in [9.17, 15) is 0 Å². The van der Waals surface area contributed by atoms with Crippen LogP contribution in [0.2, 0.25) is 0 Å². The Balaban J connectivity index is 2.45. The van der Waals surface area contributed by atoms with Crippen LogP contribution in [0, 0.1) is 18.8 Å². The second-order valence-corrected chi connectivity index (χ2v) is 2.73. The molecule has 0 unspecified atom stereocenters. The van der Waals surface area contributed by atoms with Crippen molar-refractivity contribution >= 4 is 5.69 Å². The van der Waals surface area contributed by atoms with Crippen LogP contribution in [0.15, 0.2) is 24.3 Å². The summed E-state index contributed by atoms with van der Waals surface area (Å²) in [4.78, 5) is 0. The molecule has 0 spiro atoms. The van der Waals surface area contributed by atoms with Crippen LogP contribution in [0.25, 0.3) is 0 Å². The standard InChI is InChI=1S/C11H13NO/c1-10-5-4-6-11(9-10)12-7-2-3-8-13/h4-6,9,12-13H,7-8H2,1H3. The Morgan fingerprint density at radius 3 is 2.92 bits per heavy atom. The minimum atomic E-state index is -0.0739. The highest BCUT2D eigenvalue weighted by molar-refractivity contribution is 5.46. The molecule has 0 radical (unpaired) electrons. The van der Waals surface area contributed by atoms with Gasteiger partial charge in [-0.3, -0.25) is 0 Å². The first-order chi connectivity index (χ1) is 6.33. The van der Waals surface area contributed by atoms with Crippen molar-refractivity contribution in [2.45, 2.75) is 6.92 Å². The van der Waals surface area contributed by atoms with E-state index in [-0.39, 0.29) is 6.61 Å². The number of hydrogen-bond acceptors (Lipinski definition) is 2. The Morgan fingerprint density at radius 1 is 1.38 bits per heavy atom. The van der Waals surface area contributed by atoms with E-state index < -0.39 is 0 Å². The van der Waals surface area contributed by atoms with E-state index >= 15 is 0 Å². The van der Waals surface area contributed by atoms with Gasteiger partial charge in [0.05, 0.1) is 6.54 Å². The highest BCUT2D eigenvalue weighted by Gasteiger charge is 1.88.